The first-order valence-electron chi connectivity index (χ1n) is 10.7. The van der Waals surface area contributed by atoms with Crippen LogP contribution in [-0.2, 0) is 9.84 Å². The summed E-state index contributed by atoms with van der Waals surface area (Å²) in [5.41, 5.74) is 1.08. The Morgan fingerprint density at radius 1 is 1.21 bits per heavy atom. The number of alkyl halides is 1. The molecule has 2 aromatic heterocycles. The second kappa shape index (κ2) is 7.58. The van der Waals surface area contributed by atoms with Gasteiger partial charge in [0.15, 0.2) is 15.6 Å². The van der Waals surface area contributed by atoms with Gasteiger partial charge in [-0.05, 0) is 50.1 Å². The smallest absolute Gasteiger partial charge is 0.181 e. The molecule has 3 heterocycles. The van der Waals surface area contributed by atoms with Crippen molar-refractivity contribution in [3.05, 3.63) is 65.5 Å². The molecule has 1 aromatic carbocycles. The summed E-state index contributed by atoms with van der Waals surface area (Å²) in [6, 6.07) is 5.63. The second-order valence-electron chi connectivity index (χ2n) is 9.07. The van der Waals surface area contributed by atoms with Crippen molar-refractivity contribution in [2.45, 2.75) is 43.1 Å². The van der Waals surface area contributed by atoms with Crippen LogP contribution in [0.25, 0.3) is 5.52 Å². The highest BCUT2D eigenvalue weighted by molar-refractivity contribution is 7.93. The SMILES string of the molecule is CC1(S(=O)(=O)CC(=O)c2cnn3ccc(N4C[C@@H](F)C[C@@H]4c4cc(F)ccc4F)cc23)CC1. The number of benzene rings is 1. The van der Waals surface area contributed by atoms with E-state index in [4.69, 9.17) is 0 Å². The molecule has 2 aliphatic rings. The summed E-state index contributed by atoms with van der Waals surface area (Å²) < 4.78 is 68.3. The number of fused-ring (bicyclic) bond motifs is 1. The Hall–Kier alpha value is -2.88. The van der Waals surface area contributed by atoms with Crippen LogP contribution in [0.4, 0.5) is 18.9 Å². The van der Waals surface area contributed by atoms with E-state index in [0.29, 0.717) is 24.0 Å². The summed E-state index contributed by atoms with van der Waals surface area (Å²) in [6.07, 6.45) is 2.72. The third kappa shape index (κ3) is 3.80. The Kier molecular flexibility index (Phi) is 5.04. The number of hydrogen-bond acceptors (Lipinski definition) is 5. The van der Waals surface area contributed by atoms with Crippen LogP contribution in [0.1, 0.15) is 48.1 Å². The van der Waals surface area contributed by atoms with E-state index in [9.17, 15) is 26.4 Å². The van der Waals surface area contributed by atoms with Crippen molar-refractivity contribution < 1.29 is 26.4 Å². The van der Waals surface area contributed by atoms with Gasteiger partial charge in [-0.25, -0.2) is 26.1 Å². The maximum absolute atomic E-state index is 14.4. The first-order valence-corrected chi connectivity index (χ1v) is 12.3. The number of hydrogen-bond donors (Lipinski definition) is 0. The lowest BCUT2D eigenvalue weighted by molar-refractivity contribution is 0.102. The van der Waals surface area contributed by atoms with Gasteiger partial charge in [0.1, 0.15) is 23.6 Å². The normalized spacial score (nSPS) is 22.1. The van der Waals surface area contributed by atoms with Crippen LogP contribution < -0.4 is 4.90 Å². The van der Waals surface area contributed by atoms with E-state index < -0.39 is 50.0 Å². The standard InChI is InChI=1S/C23H22F3N3O3S/c1-23(5-6-23)33(31,32)13-22(30)18-11-27-29-7-4-16(10-21(18)29)28-12-15(25)9-20(28)17-8-14(24)2-3-19(17)26/h2-4,7-8,10-11,15,20H,5-6,9,12-13H2,1H3/t15-,20+/m0/s1. The van der Waals surface area contributed by atoms with Crippen molar-refractivity contribution in [3.63, 3.8) is 0 Å². The number of aromatic nitrogens is 2. The minimum atomic E-state index is -3.59. The van der Waals surface area contributed by atoms with Gasteiger partial charge >= 0.3 is 0 Å². The molecule has 2 fully saturated rings. The number of halogens is 3. The molecular weight excluding hydrogens is 455 g/mol. The maximum Gasteiger partial charge on any atom is 0.181 e. The van der Waals surface area contributed by atoms with Gasteiger partial charge in [0, 0.05) is 30.4 Å². The number of rotatable bonds is 6. The van der Waals surface area contributed by atoms with Gasteiger partial charge in [-0.3, -0.25) is 4.79 Å². The summed E-state index contributed by atoms with van der Waals surface area (Å²) in [5.74, 6) is -2.41. The van der Waals surface area contributed by atoms with Crippen molar-refractivity contribution in [2.75, 3.05) is 17.2 Å². The molecule has 33 heavy (non-hydrogen) atoms. The third-order valence-electron chi connectivity index (χ3n) is 6.73. The molecule has 1 saturated heterocycles. The number of anilines is 1. The quantitative estimate of drug-likeness (QED) is 0.501. The number of nitrogens with zero attached hydrogens (tertiary/aromatic N) is 3. The molecule has 0 amide bonds. The molecule has 2 atom stereocenters. The highest BCUT2D eigenvalue weighted by atomic mass is 32.2. The van der Waals surface area contributed by atoms with Crippen molar-refractivity contribution in [1.29, 1.82) is 0 Å². The van der Waals surface area contributed by atoms with Gasteiger partial charge in [-0.15, -0.1) is 0 Å². The first kappa shape index (κ1) is 21.9. The molecule has 5 rings (SSSR count). The largest absolute Gasteiger partial charge is 0.361 e. The number of ketones is 1. The van der Waals surface area contributed by atoms with Crippen molar-refractivity contribution in [3.8, 4) is 0 Å². The molecular formula is C23H22F3N3O3S. The molecule has 10 heteroatoms. The van der Waals surface area contributed by atoms with E-state index in [1.165, 1.54) is 10.7 Å². The summed E-state index contributed by atoms with van der Waals surface area (Å²) in [6.45, 7) is 1.61. The minimum Gasteiger partial charge on any atom is -0.361 e. The molecule has 1 aliphatic heterocycles. The highest BCUT2D eigenvalue weighted by Crippen LogP contribution is 2.43. The maximum atomic E-state index is 14.4. The zero-order valence-corrected chi connectivity index (χ0v) is 18.7. The predicted molar refractivity (Wildman–Crippen MR) is 117 cm³/mol. The zero-order chi connectivity index (χ0) is 23.5. The van der Waals surface area contributed by atoms with Gasteiger partial charge in [-0.2, -0.15) is 5.10 Å². The van der Waals surface area contributed by atoms with E-state index in [1.807, 2.05) is 0 Å². The lowest BCUT2D eigenvalue weighted by Gasteiger charge is -2.27. The Morgan fingerprint density at radius 3 is 2.70 bits per heavy atom. The topological polar surface area (TPSA) is 71.7 Å². The molecule has 1 saturated carbocycles. The predicted octanol–water partition coefficient (Wildman–Crippen LogP) is 4.05. The van der Waals surface area contributed by atoms with Gasteiger partial charge < -0.3 is 4.90 Å². The molecule has 0 unspecified atom stereocenters. The molecule has 174 valence electrons. The van der Waals surface area contributed by atoms with E-state index >= 15 is 0 Å². The van der Waals surface area contributed by atoms with Crippen LogP contribution in [0, 0.1) is 11.6 Å². The zero-order valence-electron chi connectivity index (χ0n) is 17.8. The fourth-order valence-electron chi connectivity index (χ4n) is 4.41. The number of pyridine rings is 1. The molecule has 0 radical (unpaired) electrons. The summed E-state index contributed by atoms with van der Waals surface area (Å²) >= 11 is 0. The van der Waals surface area contributed by atoms with Crippen molar-refractivity contribution in [2.24, 2.45) is 0 Å². The molecule has 3 aromatic rings. The fourth-order valence-corrected chi connectivity index (χ4v) is 5.98. The van der Waals surface area contributed by atoms with Crippen molar-refractivity contribution >= 4 is 26.8 Å². The molecule has 0 spiro atoms. The molecule has 0 bridgehead atoms. The van der Waals surface area contributed by atoms with Crippen LogP contribution in [0.5, 0.6) is 0 Å². The van der Waals surface area contributed by atoms with Crippen molar-refractivity contribution in [1.82, 2.24) is 9.61 Å². The summed E-state index contributed by atoms with van der Waals surface area (Å²) in [4.78, 5) is 14.5. The van der Waals surface area contributed by atoms with Gasteiger partial charge in [0.25, 0.3) is 0 Å². The van der Waals surface area contributed by atoms with E-state index in [2.05, 4.69) is 5.10 Å². The monoisotopic (exact) mass is 477 g/mol. The molecule has 6 nitrogen and oxygen atoms in total. The van der Waals surface area contributed by atoms with Crippen LogP contribution in [-0.4, -0.2) is 47.0 Å². The van der Waals surface area contributed by atoms with Crippen LogP contribution >= 0.6 is 0 Å². The number of sulfone groups is 1. The van der Waals surface area contributed by atoms with E-state index in [1.54, 1.807) is 30.2 Å². The Balaban J connectivity index is 1.50. The first-order chi connectivity index (χ1) is 15.6. The van der Waals surface area contributed by atoms with Gasteiger partial charge in [0.2, 0.25) is 0 Å². The van der Waals surface area contributed by atoms with Crippen LogP contribution in [0.3, 0.4) is 0 Å². The Bertz CT molecular complexity index is 1370. The van der Waals surface area contributed by atoms with E-state index in [-0.39, 0.29) is 24.1 Å². The van der Waals surface area contributed by atoms with Gasteiger partial charge in [-0.1, -0.05) is 0 Å². The number of carbonyl (C=O) groups excluding carboxylic acids is 1. The van der Waals surface area contributed by atoms with Gasteiger partial charge in [0.05, 0.1) is 28.1 Å². The number of Topliss-reactive ketones (excluding diaryl/α,β-unsaturated/α-hetero) is 1. The lowest BCUT2D eigenvalue weighted by atomic mass is 10.0. The average molecular weight is 478 g/mol. The Labute approximate surface area is 188 Å². The molecule has 0 N–H and O–H groups in total. The van der Waals surface area contributed by atoms with E-state index in [0.717, 1.165) is 18.2 Å². The van der Waals surface area contributed by atoms with Crippen LogP contribution in [0.15, 0.2) is 42.7 Å². The molecule has 1 aliphatic carbocycles. The average Bonchev–Trinajstić information content (AvgIpc) is 3.21. The number of carbonyl (C=O) groups is 1. The Morgan fingerprint density at radius 2 is 1.97 bits per heavy atom. The lowest BCUT2D eigenvalue weighted by Crippen LogP contribution is -2.27. The minimum absolute atomic E-state index is 0.00652. The summed E-state index contributed by atoms with van der Waals surface area (Å²) in [7, 11) is -3.59. The summed E-state index contributed by atoms with van der Waals surface area (Å²) in [5, 5.41) is 4.13. The van der Waals surface area contributed by atoms with Crippen LogP contribution in [0.2, 0.25) is 0 Å². The second-order valence-corrected chi connectivity index (χ2v) is 11.6. The highest BCUT2D eigenvalue weighted by Gasteiger charge is 2.50. The third-order valence-corrected chi connectivity index (χ3v) is 9.28. The fraction of sp³-hybridized carbons (Fsp3) is 0.391.